The number of aryl methyl sites for hydroxylation is 1. The van der Waals surface area contributed by atoms with E-state index in [0.29, 0.717) is 11.8 Å². The second-order valence-electron chi connectivity index (χ2n) is 13.3. The van der Waals surface area contributed by atoms with Gasteiger partial charge in [-0.25, -0.2) is 4.57 Å². The van der Waals surface area contributed by atoms with Gasteiger partial charge >= 0.3 is 0 Å². The Labute approximate surface area is 248 Å². The molecule has 2 aliphatic carbocycles. The molecule has 0 amide bonds. The summed E-state index contributed by atoms with van der Waals surface area (Å²) in [7, 11) is 2.33. The van der Waals surface area contributed by atoms with Crippen LogP contribution in [0.15, 0.2) is 78.9 Å². The Morgan fingerprint density at radius 1 is 0.667 bits per heavy atom. The molecule has 3 nitrogen and oxygen atoms in total. The second-order valence-corrected chi connectivity index (χ2v) is 13.3. The Kier molecular flexibility index (Phi) is 5.64. The van der Waals surface area contributed by atoms with Crippen molar-refractivity contribution >= 4 is 32.8 Å². The van der Waals surface area contributed by atoms with Crippen LogP contribution >= 0.6 is 0 Å². The maximum Gasteiger partial charge on any atom is 0.295 e. The molecule has 0 saturated heterocycles. The molecule has 0 radical (unpaired) electrons. The molecule has 0 atom stereocenters. The van der Waals surface area contributed by atoms with Crippen LogP contribution in [0.25, 0.3) is 49.9 Å². The van der Waals surface area contributed by atoms with E-state index in [1.807, 2.05) is 0 Å². The number of hydrogen-bond donors (Lipinski definition) is 0. The van der Waals surface area contributed by atoms with Gasteiger partial charge in [-0.1, -0.05) is 93.1 Å². The molecule has 210 valence electrons. The zero-order valence-electron chi connectivity index (χ0n) is 24.8. The summed E-state index contributed by atoms with van der Waals surface area (Å²) >= 11 is 0. The fourth-order valence-electron chi connectivity index (χ4n) is 9.03. The Balaban J connectivity index is 1.47. The molecule has 42 heavy (non-hydrogen) atoms. The third kappa shape index (κ3) is 3.49. The van der Waals surface area contributed by atoms with Gasteiger partial charge in [0.25, 0.3) is 5.82 Å². The van der Waals surface area contributed by atoms with E-state index < -0.39 is 0 Å². The van der Waals surface area contributed by atoms with Crippen molar-refractivity contribution in [2.45, 2.75) is 82.6 Å². The summed E-state index contributed by atoms with van der Waals surface area (Å²) in [5, 5.41) is 2.94. The highest BCUT2D eigenvalue weighted by Crippen LogP contribution is 2.48. The van der Waals surface area contributed by atoms with Crippen molar-refractivity contribution in [1.29, 1.82) is 0 Å². The summed E-state index contributed by atoms with van der Waals surface area (Å²) in [5.74, 6) is 2.61. The van der Waals surface area contributed by atoms with Gasteiger partial charge in [-0.05, 0) is 67.3 Å². The average molecular weight is 551 g/mol. The van der Waals surface area contributed by atoms with Crippen molar-refractivity contribution in [3.8, 4) is 17.1 Å². The van der Waals surface area contributed by atoms with Gasteiger partial charge in [0.1, 0.15) is 6.54 Å². The number of para-hydroxylation sites is 3. The molecule has 2 saturated carbocycles. The minimum absolute atomic E-state index is 0.608. The van der Waals surface area contributed by atoms with E-state index in [0.717, 1.165) is 6.54 Å². The summed E-state index contributed by atoms with van der Waals surface area (Å²) in [6.07, 6.45) is 13.4. The molecule has 3 heterocycles. The molecule has 6 aromatic rings. The van der Waals surface area contributed by atoms with Gasteiger partial charge in [0, 0.05) is 34.5 Å². The second kappa shape index (κ2) is 9.59. The quantitative estimate of drug-likeness (QED) is 0.194. The molecular weight excluding hydrogens is 510 g/mol. The molecule has 0 unspecified atom stereocenters. The lowest BCUT2D eigenvalue weighted by Gasteiger charge is -2.28. The van der Waals surface area contributed by atoms with E-state index in [4.69, 9.17) is 0 Å². The van der Waals surface area contributed by atoms with E-state index in [-0.39, 0.29) is 0 Å². The lowest BCUT2D eigenvalue weighted by atomic mass is 9.77. The zero-order valence-corrected chi connectivity index (χ0v) is 24.8. The van der Waals surface area contributed by atoms with Gasteiger partial charge < -0.3 is 4.57 Å². The van der Waals surface area contributed by atoms with Crippen molar-refractivity contribution in [3.63, 3.8) is 0 Å². The van der Waals surface area contributed by atoms with Crippen LogP contribution in [0, 0.1) is 0 Å². The number of hydrogen-bond acceptors (Lipinski definition) is 0. The fourth-order valence-corrected chi connectivity index (χ4v) is 9.03. The van der Waals surface area contributed by atoms with Gasteiger partial charge in [-0.3, -0.25) is 0 Å². The number of imidazole rings is 1. The van der Waals surface area contributed by atoms with Crippen LogP contribution in [0.4, 0.5) is 0 Å². The Morgan fingerprint density at radius 3 is 2.10 bits per heavy atom. The maximum absolute atomic E-state index is 2.74. The lowest BCUT2D eigenvalue weighted by Crippen LogP contribution is -2.31. The topological polar surface area (TPSA) is 13.7 Å². The first-order chi connectivity index (χ1) is 20.8. The highest BCUT2D eigenvalue weighted by Gasteiger charge is 2.38. The summed E-state index contributed by atoms with van der Waals surface area (Å²) < 4.78 is 7.82. The molecule has 4 aromatic carbocycles. The summed E-state index contributed by atoms with van der Waals surface area (Å²) in [6.45, 7) is 0.941. The zero-order chi connectivity index (χ0) is 27.8. The third-order valence-electron chi connectivity index (χ3n) is 11.0. The molecule has 0 spiro atoms. The average Bonchev–Trinajstić information content (AvgIpc) is 3.69. The number of nitrogens with zero attached hydrogens (tertiary/aromatic N) is 3. The number of rotatable bonds is 3. The molecule has 0 bridgehead atoms. The van der Waals surface area contributed by atoms with Crippen molar-refractivity contribution < 1.29 is 4.57 Å². The number of fused-ring (bicyclic) bond motifs is 8. The summed E-state index contributed by atoms with van der Waals surface area (Å²) in [4.78, 5) is 0. The van der Waals surface area contributed by atoms with Crippen molar-refractivity contribution in [1.82, 2.24) is 9.13 Å². The third-order valence-corrected chi connectivity index (χ3v) is 11.0. The Hall–Kier alpha value is -3.85. The normalized spacial score (nSPS) is 17.8. The Morgan fingerprint density at radius 2 is 1.31 bits per heavy atom. The lowest BCUT2D eigenvalue weighted by molar-refractivity contribution is -0.645. The van der Waals surface area contributed by atoms with E-state index in [2.05, 4.69) is 99.6 Å². The minimum atomic E-state index is 0.608. The van der Waals surface area contributed by atoms with Crippen LogP contribution in [0.1, 0.15) is 92.7 Å². The predicted octanol–water partition coefficient (Wildman–Crippen LogP) is 9.69. The first-order valence-electron chi connectivity index (χ1n) is 16.5. The molecule has 1 aliphatic heterocycles. The van der Waals surface area contributed by atoms with Crippen molar-refractivity contribution in [2.24, 2.45) is 7.05 Å². The number of benzene rings is 4. The predicted molar refractivity (Wildman–Crippen MR) is 174 cm³/mol. The van der Waals surface area contributed by atoms with Gasteiger partial charge in [0.15, 0.2) is 16.7 Å². The molecule has 3 heteroatoms. The van der Waals surface area contributed by atoms with Gasteiger partial charge in [0.2, 0.25) is 0 Å². The van der Waals surface area contributed by atoms with Crippen LogP contribution in [0.2, 0.25) is 0 Å². The fraction of sp³-hybridized carbons (Fsp3) is 0.359. The van der Waals surface area contributed by atoms with E-state index in [9.17, 15) is 0 Å². The first-order valence-corrected chi connectivity index (χ1v) is 16.5. The SMILES string of the molecule is Cn1c2ccccc2c2c(C3CCCCC3)cc(C3CCCCC3)c(-n3c4[n+](c5ccccc53)Cc3ccccc3-4)c21. The van der Waals surface area contributed by atoms with Crippen molar-refractivity contribution in [3.05, 3.63) is 95.6 Å². The Bertz CT molecular complexity index is 1990. The summed E-state index contributed by atoms with van der Waals surface area (Å²) in [5.41, 5.74) is 12.9. The van der Waals surface area contributed by atoms with Crippen LogP contribution in [-0.2, 0) is 13.6 Å². The molecule has 9 rings (SSSR count). The van der Waals surface area contributed by atoms with Gasteiger partial charge in [-0.15, -0.1) is 0 Å². The maximum atomic E-state index is 2.74. The number of aromatic nitrogens is 3. The minimum Gasteiger partial charge on any atom is -0.340 e. The molecular formula is C39H40N3+. The van der Waals surface area contributed by atoms with Crippen molar-refractivity contribution in [2.75, 3.05) is 0 Å². The first kappa shape index (κ1) is 24.7. The molecule has 3 aliphatic rings. The van der Waals surface area contributed by atoms with E-state index in [1.165, 1.54) is 120 Å². The molecule has 2 aromatic heterocycles. The van der Waals surface area contributed by atoms with E-state index in [1.54, 1.807) is 11.1 Å². The van der Waals surface area contributed by atoms with Gasteiger partial charge in [0.05, 0.1) is 11.1 Å². The van der Waals surface area contributed by atoms with Gasteiger partial charge in [-0.2, -0.15) is 4.57 Å². The molecule has 0 N–H and O–H groups in total. The van der Waals surface area contributed by atoms with Crippen LogP contribution < -0.4 is 4.57 Å². The van der Waals surface area contributed by atoms with E-state index >= 15 is 0 Å². The highest BCUT2D eigenvalue weighted by molar-refractivity contribution is 6.13. The van der Waals surface area contributed by atoms with Crippen LogP contribution in [-0.4, -0.2) is 9.13 Å². The largest absolute Gasteiger partial charge is 0.340 e. The molecule has 2 fully saturated rings. The standard InChI is InChI=1S/C39H40N3/c1-40-33-21-11-10-20-30(33)36-31(26-14-4-2-5-15-26)24-32(27-16-6-3-7-17-27)37(38(36)40)42-35-23-13-12-22-34(35)41-25-28-18-8-9-19-29(28)39(41)42/h8-13,18-24,26-27H,2-7,14-17,25H2,1H3/q+1. The van der Waals surface area contributed by atoms with Crippen LogP contribution in [0.3, 0.4) is 0 Å². The summed E-state index contributed by atoms with van der Waals surface area (Å²) in [6, 6.07) is 30.2. The highest BCUT2D eigenvalue weighted by atomic mass is 15.2. The smallest absolute Gasteiger partial charge is 0.295 e. The monoisotopic (exact) mass is 550 g/mol. The van der Waals surface area contributed by atoms with Crippen LogP contribution in [0.5, 0.6) is 0 Å².